The number of rotatable bonds is 4. The van der Waals surface area contributed by atoms with Gasteiger partial charge >= 0.3 is 0 Å². The van der Waals surface area contributed by atoms with Gasteiger partial charge < -0.3 is 0 Å². The number of anilines is 1. The van der Waals surface area contributed by atoms with Crippen molar-refractivity contribution in [2.24, 2.45) is 0 Å². The first-order valence-corrected chi connectivity index (χ1v) is 13.4. The molecule has 158 valence electrons. The predicted molar refractivity (Wildman–Crippen MR) is 115 cm³/mol. The zero-order chi connectivity index (χ0) is 20.9. The van der Waals surface area contributed by atoms with E-state index in [2.05, 4.69) is 8.75 Å². The van der Waals surface area contributed by atoms with Crippen LogP contribution in [0.1, 0.15) is 24.8 Å². The lowest BCUT2D eigenvalue weighted by molar-refractivity contribution is 0.346. The number of nitrogens with zero attached hydrogens (tertiary/aromatic N) is 4. The molecule has 0 amide bonds. The van der Waals surface area contributed by atoms with E-state index < -0.39 is 20.0 Å². The Kier molecular flexibility index (Phi) is 4.80. The maximum atomic E-state index is 13.4. The molecule has 30 heavy (non-hydrogen) atoms. The molecular weight excluding hydrogens is 444 g/mol. The Labute approximate surface area is 179 Å². The molecule has 0 spiro atoms. The van der Waals surface area contributed by atoms with E-state index in [0.29, 0.717) is 36.2 Å². The Bertz CT molecular complexity index is 1330. The Morgan fingerprint density at radius 3 is 2.47 bits per heavy atom. The second-order valence-electron chi connectivity index (χ2n) is 7.47. The van der Waals surface area contributed by atoms with Crippen LogP contribution in [-0.4, -0.2) is 49.5 Å². The molecule has 0 unspecified atom stereocenters. The van der Waals surface area contributed by atoms with Crippen molar-refractivity contribution >= 4 is 48.5 Å². The summed E-state index contributed by atoms with van der Waals surface area (Å²) in [7, 11) is -7.40. The molecule has 0 N–H and O–H groups in total. The molecule has 0 bridgehead atoms. The molecule has 3 aromatic rings. The third-order valence-electron chi connectivity index (χ3n) is 5.67. The summed E-state index contributed by atoms with van der Waals surface area (Å²) in [6.07, 6.45) is 3.24. The summed E-state index contributed by atoms with van der Waals surface area (Å²) in [5.41, 5.74) is 2.15. The van der Waals surface area contributed by atoms with Crippen molar-refractivity contribution in [2.45, 2.75) is 35.5 Å². The summed E-state index contributed by atoms with van der Waals surface area (Å²) >= 11 is 0.975. The van der Waals surface area contributed by atoms with Crippen LogP contribution in [0.4, 0.5) is 5.69 Å². The Morgan fingerprint density at radius 1 is 0.867 bits per heavy atom. The lowest BCUT2D eigenvalue weighted by Crippen LogP contribution is -2.35. The molecule has 0 atom stereocenters. The highest BCUT2D eigenvalue weighted by molar-refractivity contribution is 7.93. The van der Waals surface area contributed by atoms with Gasteiger partial charge in [-0.3, -0.25) is 4.31 Å². The average molecular weight is 465 g/mol. The number of piperidine rings is 1. The minimum Gasteiger partial charge on any atom is -0.266 e. The Morgan fingerprint density at radius 2 is 1.67 bits per heavy atom. The normalized spacial score (nSPS) is 18.1. The van der Waals surface area contributed by atoms with Crippen LogP contribution in [0.2, 0.25) is 0 Å². The van der Waals surface area contributed by atoms with Crippen molar-refractivity contribution in [1.29, 1.82) is 0 Å². The highest BCUT2D eigenvalue weighted by atomic mass is 32.2. The average Bonchev–Trinajstić information content (AvgIpc) is 3.40. The van der Waals surface area contributed by atoms with E-state index in [4.69, 9.17) is 0 Å². The van der Waals surface area contributed by atoms with Crippen LogP contribution in [0, 0.1) is 0 Å². The highest BCUT2D eigenvalue weighted by Crippen LogP contribution is 2.36. The monoisotopic (exact) mass is 464 g/mol. The first-order chi connectivity index (χ1) is 14.4. The van der Waals surface area contributed by atoms with Crippen LogP contribution in [0.15, 0.2) is 46.2 Å². The van der Waals surface area contributed by atoms with E-state index in [-0.39, 0.29) is 16.3 Å². The first-order valence-electron chi connectivity index (χ1n) is 9.76. The first kappa shape index (κ1) is 19.9. The van der Waals surface area contributed by atoms with E-state index >= 15 is 0 Å². The molecule has 0 saturated carbocycles. The third kappa shape index (κ3) is 3.11. The molecule has 11 heteroatoms. The summed E-state index contributed by atoms with van der Waals surface area (Å²) in [5.74, 6) is 0. The molecule has 0 radical (unpaired) electrons. The number of aromatic nitrogens is 2. The quantitative estimate of drug-likeness (QED) is 0.588. The fourth-order valence-electron chi connectivity index (χ4n) is 4.12. The minimum atomic E-state index is -3.84. The van der Waals surface area contributed by atoms with Crippen LogP contribution >= 0.6 is 11.7 Å². The van der Waals surface area contributed by atoms with Gasteiger partial charge in [0.2, 0.25) is 10.0 Å². The van der Waals surface area contributed by atoms with E-state index in [9.17, 15) is 16.8 Å². The second-order valence-corrected chi connectivity index (χ2v) is 11.8. The van der Waals surface area contributed by atoms with Gasteiger partial charge in [0.25, 0.3) is 10.0 Å². The maximum absolute atomic E-state index is 13.4. The summed E-state index contributed by atoms with van der Waals surface area (Å²) in [4.78, 5) is 0.347. The summed E-state index contributed by atoms with van der Waals surface area (Å²) in [6.45, 7) is 1.33. The molecule has 8 nitrogen and oxygen atoms in total. The molecule has 5 rings (SSSR count). The number of hydrogen-bond acceptors (Lipinski definition) is 7. The fourth-order valence-corrected chi connectivity index (χ4v) is 7.95. The van der Waals surface area contributed by atoms with E-state index in [1.165, 1.54) is 20.7 Å². The van der Waals surface area contributed by atoms with Gasteiger partial charge in [0.1, 0.15) is 15.9 Å². The predicted octanol–water partition coefficient (Wildman–Crippen LogP) is 2.62. The number of sulfonamides is 2. The summed E-state index contributed by atoms with van der Waals surface area (Å²) < 4.78 is 63.9. The van der Waals surface area contributed by atoms with Crippen molar-refractivity contribution in [3.63, 3.8) is 0 Å². The highest BCUT2D eigenvalue weighted by Gasteiger charge is 2.34. The molecule has 2 aliphatic rings. The molecular formula is C19H20N4O4S3. The molecule has 1 aromatic heterocycles. The third-order valence-corrected chi connectivity index (χ3v) is 9.96. The number of benzene rings is 2. The topological polar surface area (TPSA) is 101 Å². The molecule has 3 heterocycles. The van der Waals surface area contributed by atoms with Crippen molar-refractivity contribution in [3.8, 4) is 0 Å². The number of hydrogen-bond donors (Lipinski definition) is 0. The Balaban J connectivity index is 1.52. The fraction of sp³-hybridized carbons (Fsp3) is 0.368. The lowest BCUT2D eigenvalue weighted by Gasteiger charge is -2.26. The molecule has 1 fully saturated rings. The van der Waals surface area contributed by atoms with Gasteiger partial charge in [0.05, 0.1) is 22.3 Å². The van der Waals surface area contributed by atoms with Crippen molar-refractivity contribution < 1.29 is 16.8 Å². The van der Waals surface area contributed by atoms with E-state index in [1.54, 1.807) is 24.3 Å². The van der Waals surface area contributed by atoms with Crippen LogP contribution in [0.25, 0.3) is 11.0 Å². The van der Waals surface area contributed by atoms with Crippen molar-refractivity contribution in [2.75, 3.05) is 23.9 Å². The van der Waals surface area contributed by atoms with Gasteiger partial charge in [-0.25, -0.2) is 16.8 Å². The maximum Gasteiger partial charge on any atom is 0.266 e. The molecule has 1 saturated heterocycles. The Hall–Kier alpha value is -2.08. The van der Waals surface area contributed by atoms with Gasteiger partial charge in [0.15, 0.2) is 0 Å². The van der Waals surface area contributed by atoms with Gasteiger partial charge in [-0.2, -0.15) is 13.1 Å². The molecule has 0 aliphatic carbocycles. The van der Waals surface area contributed by atoms with Crippen LogP contribution in [0.3, 0.4) is 0 Å². The molecule has 2 aromatic carbocycles. The second kappa shape index (κ2) is 7.26. The van der Waals surface area contributed by atoms with Crippen LogP contribution in [0.5, 0.6) is 0 Å². The smallest absolute Gasteiger partial charge is 0.266 e. The standard InChI is InChI=1S/C19H20N4O4S3/c24-29(25,22-10-2-1-3-11-22)15-7-8-17-14(13-15)9-12-23(17)30(26,27)18-6-4-5-16-19(18)21-28-20-16/h4-8,13H,1-3,9-12H2. The summed E-state index contributed by atoms with van der Waals surface area (Å²) in [6, 6.07) is 9.67. The largest absolute Gasteiger partial charge is 0.266 e. The van der Waals surface area contributed by atoms with Gasteiger partial charge in [-0.15, -0.1) is 0 Å². The zero-order valence-electron chi connectivity index (χ0n) is 16.1. The van der Waals surface area contributed by atoms with E-state index in [1.807, 2.05) is 0 Å². The number of fused-ring (bicyclic) bond motifs is 2. The minimum absolute atomic E-state index is 0.117. The molecule has 2 aliphatic heterocycles. The SMILES string of the molecule is O=S(=O)(c1ccc2c(c1)CCN2S(=O)(=O)c1cccc2nsnc12)N1CCCCC1. The van der Waals surface area contributed by atoms with Gasteiger partial charge in [-0.05, 0) is 55.2 Å². The van der Waals surface area contributed by atoms with Crippen molar-refractivity contribution in [3.05, 3.63) is 42.0 Å². The van der Waals surface area contributed by atoms with Gasteiger partial charge in [0, 0.05) is 19.6 Å². The van der Waals surface area contributed by atoms with Crippen molar-refractivity contribution in [1.82, 2.24) is 13.1 Å². The van der Waals surface area contributed by atoms with Crippen LogP contribution < -0.4 is 4.31 Å². The van der Waals surface area contributed by atoms with E-state index in [0.717, 1.165) is 36.6 Å². The summed E-state index contributed by atoms with van der Waals surface area (Å²) in [5, 5.41) is 0. The van der Waals surface area contributed by atoms with Crippen LogP contribution in [-0.2, 0) is 26.5 Å². The zero-order valence-corrected chi connectivity index (χ0v) is 18.5. The van der Waals surface area contributed by atoms with Gasteiger partial charge in [-0.1, -0.05) is 12.5 Å². The lowest BCUT2D eigenvalue weighted by atomic mass is 10.2.